The lowest BCUT2D eigenvalue weighted by atomic mass is 10.1. The van der Waals surface area contributed by atoms with E-state index in [-0.39, 0.29) is 0 Å². The number of aromatic nitrogens is 5. The van der Waals surface area contributed by atoms with E-state index in [2.05, 4.69) is 30.6 Å². The molecule has 27 heavy (non-hydrogen) atoms. The first kappa shape index (κ1) is 16.6. The van der Waals surface area contributed by atoms with Crippen LogP contribution in [-0.4, -0.2) is 30.9 Å². The van der Waals surface area contributed by atoms with E-state index in [1.165, 1.54) is 6.33 Å². The number of hydrogen-bond donors (Lipinski definition) is 1. The van der Waals surface area contributed by atoms with Crippen LogP contribution in [0.2, 0.25) is 0 Å². The number of rotatable bonds is 5. The first-order valence-electron chi connectivity index (χ1n) is 8.43. The molecule has 0 atom stereocenters. The summed E-state index contributed by atoms with van der Waals surface area (Å²) in [6.45, 7) is 1.96. The van der Waals surface area contributed by atoms with Gasteiger partial charge in [-0.2, -0.15) is 10.2 Å². The second-order valence-electron chi connectivity index (χ2n) is 5.87. The summed E-state index contributed by atoms with van der Waals surface area (Å²) in [6.07, 6.45) is 6.62. The Morgan fingerprint density at radius 2 is 1.93 bits per heavy atom. The van der Waals surface area contributed by atoms with Crippen molar-refractivity contribution < 1.29 is 0 Å². The van der Waals surface area contributed by atoms with Crippen LogP contribution < -0.4 is 5.43 Å². The Hall–Kier alpha value is -3.87. The fourth-order valence-corrected chi connectivity index (χ4v) is 2.64. The summed E-state index contributed by atoms with van der Waals surface area (Å²) in [6, 6.07) is 17.7. The number of aryl methyl sites for hydroxylation is 1. The second-order valence-corrected chi connectivity index (χ2v) is 5.87. The van der Waals surface area contributed by atoms with Crippen molar-refractivity contribution in [2.24, 2.45) is 5.10 Å². The van der Waals surface area contributed by atoms with Crippen LogP contribution in [0.4, 0.5) is 5.82 Å². The lowest BCUT2D eigenvalue weighted by Gasteiger charge is -2.07. The van der Waals surface area contributed by atoms with Crippen LogP contribution >= 0.6 is 0 Å². The van der Waals surface area contributed by atoms with Crippen molar-refractivity contribution in [2.75, 3.05) is 5.43 Å². The van der Waals surface area contributed by atoms with Crippen molar-refractivity contribution >= 4 is 12.0 Å². The summed E-state index contributed by atoms with van der Waals surface area (Å²) < 4.78 is 1.81. The van der Waals surface area contributed by atoms with Crippen molar-refractivity contribution in [1.29, 1.82) is 0 Å². The van der Waals surface area contributed by atoms with Gasteiger partial charge in [0.05, 0.1) is 17.6 Å². The maximum Gasteiger partial charge on any atom is 0.159 e. The molecule has 0 aliphatic rings. The third-order valence-electron chi connectivity index (χ3n) is 3.85. The Labute approximate surface area is 156 Å². The molecule has 0 aliphatic carbocycles. The Morgan fingerprint density at radius 1 is 1.04 bits per heavy atom. The number of hydrazone groups is 1. The Kier molecular flexibility index (Phi) is 4.65. The van der Waals surface area contributed by atoms with Gasteiger partial charge in [-0.05, 0) is 19.1 Å². The molecule has 0 saturated carbocycles. The van der Waals surface area contributed by atoms with Crippen molar-refractivity contribution in [1.82, 2.24) is 24.7 Å². The van der Waals surface area contributed by atoms with Gasteiger partial charge in [0.25, 0.3) is 0 Å². The van der Waals surface area contributed by atoms with E-state index in [0.717, 1.165) is 22.5 Å². The zero-order valence-corrected chi connectivity index (χ0v) is 14.7. The summed E-state index contributed by atoms with van der Waals surface area (Å²) in [5.74, 6) is 1.24. The molecule has 0 unspecified atom stereocenters. The molecule has 0 fully saturated rings. The highest BCUT2D eigenvalue weighted by Gasteiger charge is 2.11. The third-order valence-corrected chi connectivity index (χ3v) is 3.85. The Bertz CT molecular complexity index is 1060. The smallest absolute Gasteiger partial charge is 0.159 e. The van der Waals surface area contributed by atoms with Gasteiger partial charge in [-0.15, -0.1) is 0 Å². The van der Waals surface area contributed by atoms with E-state index in [9.17, 15) is 0 Å². The van der Waals surface area contributed by atoms with Crippen molar-refractivity contribution in [3.8, 4) is 17.1 Å². The third kappa shape index (κ3) is 3.87. The number of nitrogens with one attached hydrogen (secondary N) is 1. The average molecular weight is 355 g/mol. The van der Waals surface area contributed by atoms with E-state index in [1.807, 2.05) is 60.1 Å². The lowest BCUT2D eigenvalue weighted by molar-refractivity contribution is 0.832. The van der Waals surface area contributed by atoms with E-state index in [0.29, 0.717) is 11.6 Å². The molecule has 3 heterocycles. The van der Waals surface area contributed by atoms with Gasteiger partial charge >= 0.3 is 0 Å². The van der Waals surface area contributed by atoms with E-state index in [1.54, 1.807) is 24.7 Å². The molecule has 0 amide bonds. The molecule has 0 bridgehead atoms. The summed E-state index contributed by atoms with van der Waals surface area (Å²) in [4.78, 5) is 12.6. The highest BCUT2D eigenvalue weighted by Crippen LogP contribution is 2.23. The van der Waals surface area contributed by atoms with Crippen LogP contribution in [0.15, 0.2) is 78.4 Å². The van der Waals surface area contributed by atoms with Gasteiger partial charge in [0.1, 0.15) is 6.33 Å². The number of pyridine rings is 1. The number of benzene rings is 1. The first-order valence-corrected chi connectivity index (χ1v) is 8.43. The number of anilines is 1. The topological polar surface area (TPSA) is 80.9 Å². The van der Waals surface area contributed by atoms with Crippen LogP contribution in [0.25, 0.3) is 17.1 Å². The predicted molar refractivity (Wildman–Crippen MR) is 105 cm³/mol. The second kappa shape index (κ2) is 7.57. The fraction of sp³-hybridized carbons (Fsp3) is 0.0500. The van der Waals surface area contributed by atoms with Gasteiger partial charge in [-0.3, -0.25) is 10.4 Å². The standard InChI is InChI=1S/C20H17N7/c1-15-10-18(17-7-3-2-4-8-17)27(26-15)20-11-19(22-14-23-20)25-24-13-16-6-5-9-21-12-16/h2-14H,1H3,(H,22,23,25). The van der Waals surface area contributed by atoms with Crippen LogP contribution in [0, 0.1) is 6.92 Å². The fourth-order valence-electron chi connectivity index (χ4n) is 2.64. The zero-order chi connectivity index (χ0) is 18.5. The van der Waals surface area contributed by atoms with Gasteiger partial charge in [-0.25, -0.2) is 14.6 Å². The normalized spacial score (nSPS) is 11.0. The van der Waals surface area contributed by atoms with Crippen molar-refractivity contribution in [2.45, 2.75) is 6.92 Å². The summed E-state index contributed by atoms with van der Waals surface area (Å²) >= 11 is 0. The molecule has 1 aromatic carbocycles. The van der Waals surface area contributed by atoms with Gasteiger partial charge in [-0.1, -0.05) is 36.4 Å². The number of nitrogens with zero attached hydrogens (tertiary/aromatic N) is 6. The monoisotopic (exact) mass is 355 g/mol. The molecule has 4 rings (SSSR count). The van der Waals surface area contributed by atoms with E-state index < -0.39 is 0 Å². The summed E-state index contributed by atoms with van der Waals surface area (Å²) in [5.41, 5.74) is 6.77. The molecule has 7 nitrogen and oxygen atoms in total. The molecule has 4 aromatic rings. The molecule has 0 saturated heterocycles. The molecule has 132 valence electrons. The molecule has 3 aromatic heterocycles. The molecule has 7 heteroatoms. The van der Waals surface area contributed by atoms with E-state index in [4.69, 9.17) is 0 Å². The summed E-state index contributed by atoms with van der Waals surface area (Å²) in [7, 11) is 0. The molecule has 0 spiro atoms. The zero-order valence-electron chi connectivity index (χ0n) is 14.7. The van der Waals surface area contributed by atoms with E-state index >= 15 is 0 Å². The molecule has 0 aliphatic heterocycles. The van der Waals surface area contributed by atoms with Crippen molar-refractivity contribution in [3.05, 3.63) is 84.6 Å². The van der Waals surface area contributed by atoms with Crippen LogP contribution in [0.5, 0.6) is 0 Å². The highest BCUT2D eigenvalue weighted by atomic mass is 15.3. The predicted octanol–water partition coefficient (Wildman–Crippen LogP) is 3.48. The van der Waals surface area contributed by atoms with Gasteiger partial charge in [0.2, 0.25) is 0 Å². The van der Waals surface area contributed by atoms with Gasteiger partial charge < -0.3 is 0 Å². The van der Waals surface area contributed by atoms with Crippen LogP contribution in [-0.2, 0) is 0 Å². The highest BCUT2D eigenvalue weighted by molar-refractivity contribution is 5.79. The van der Waals surface area contributed by atoms with Crippen molar-refractivity contribution in [3.63, 3.8) is 0 Å². The molecular weight excluding hydrogens is 338 g/mol. The average Bonchev–Trinajstić information content (AvgIpc) is 3.12. The van der Waals surface area contributed by atoms with Crippen LogP contribution in [0.3, 0.4) is 0 Å². The lowest BCUT2D eigenvalue weighted by Crippen LogP contribution is -2.04. The Balaban J connectivity index is 1.61. The van der Waals surface area contributed by atoms with Crippen LogP contribution in [0.1, 0.15) is 11.3 Å². The minimum atomic E-state index is 0.576. The molecular formula is C20H17N7. The maximum atomic E-state index is 4.58. The van der Waals surface area contributed by atoms with Gasteiger partial charge in [0.15, 0.2) is 11.6 Å². The SMILES string of the molecule is Cc1cc(-c2ccccc2)n(-c2cc(NN=Cc3cccnc3)ncn2)n1. The minimum absolute atomic E-state index is 0.576. The largest absolute Gasteiger partial charge is 0.264 e. The number of hydrogen-bond acceptors (Lipinski definition) is 6. The molecule has 0 radical (unpaired) electrons. The minimum Gasteiger partial charge on any atom is -0.264 e. The quantitative estimate of drug-likeness (QED) is 0.438. The Morgan fingerprint density at radius 3 is 2.74 bits per heavy atom. The van der Waals surface area contributed by atoms with Gasteiger partial charge in [0, 0.05) is 29.6 Å². The molecule has 1 N–H and O–H groups in total. The summed E-state index contributed by atoms with van der Waals surface area (Å²) in [5, 5.41) is 8.78. The maximum absolute atomic E-state index is 4.58. The first-order chi connectivity index (χ1) is 13.3.